The topological polar surface area (TPSA) is 12.9 Å². The molecule has 2 heterocycles. The van der Waals surface area contributed by atoms with Gasteiger partial charge in [-0.05, 0) is 12.1 Å². The van der Waals surface area contributed by atoms with E-state index in [4.69, 9.17) is 0 Å². The second-order valence-electron chi connectivity index (χ2n) is 1.79. The average Bonchev–Trinajstić information content (AvgIpc) is 2.33. The Morgan fingerprint density at radius 2 is 2.44 bits per heavy atom. The minimum atomic E-state index is 1.04. The van der Waals surface area contributed by atoms with Crippen LogP contribution in [0, 0.1) is 6.20 Å². The predicted octanol–water partition coefficient (Wildman–Crippen LogP) is 2.10. The summed E-state index contributed by atoms with van der Waals surface area (Å²) in [5.41, 5.74) is 1.04. The fraction of sp³-hybridized carbons (Fsp3) is 0. The first-order chi connectivity index (χ1) is 4.47. The minimum Gasteiger partial charge on any atom is -0.245 e. The fourth-order valence-electron chi connectivity index (χ4n) is 0.750. The van der Waals surface area contributed by atoms with Crippen LogP contribution >= 0.6 is 11.3 Å². The molecule has 9 heavy (non-hydrogen) atoms. The number of nitrogens with zero attached hydrogens (tertiary/aromatic N) is 1. The van der Waals surface area contributed by atoms with Crippen molar-refractivity contribution in [2.75, 3.05) is 0 Å². The summed E-state index contributed by atoms with van der Waals surface area (Å²) in [6.45, 7) is 0. The van der Waals surface area contributed by atoms with Gasteiger partial charge in [-0.3, -0.25) is 0 Å². The number of thiophene rings is 1. The number of fused-ring (bicyclic) bond motifs is 1. The maximum absolute atomic E-state index is 4.03. The molecule has 2 aromatic rings. The van der Waals surface area contributed by atoms with Gasteiger partial charge in [-0.25, -0.2) is 4.98 Å². The molecule has 0 atom stereocenters. The summed E-state index contributed by atoms with van der Waals surface area (Å²) in [6.07, 6.45) is 2.78. The van der Waals surface area contributed by atoms with Gasteiger partial charge in [0.25, 0.3) is 0 Å². The number of hydrogen-bond acceptors (Lipinski definition) is 2. The molecule has 0 saturated carbocycles. The van der Waals surface area contributed by atoms with E-state index in [0.717, 1.165) is 5.52 Å². The van der Waals surface area contributed by atoms with E-state index in [9.17, 15) is 0 Å². The molecule has 0 N–H and O–H groups in total. The lowest BCUT2D eigenvalue weighted by molar-refractivity contribution is 1.41. The van der Waals surface area contributed by atoms with Crippen LogP contribution in [0.3, 0.4) is 0 Å². The molecule has 0 aliphatic heterocycles. The Morgan fingerprint density at radius 3 is 3.33 bits per heavy atom. The normalized spacial score (nSPS) is 10.2. The molecular formula is C7H4NS. The molecule has 0 saturated heterocycles. The molecule has 0 aromatic carbocycles. The van der Waals surface area contributed by atoms with Crippen molar-refractivity contribution in [2.24, 2.45) is 0 Å². The Balaban J connectivity index is 2.95. The first-order valence-electron chi connectivity index (χ1n) is 2.66. The third-order valence-corrected chi connectivity index (χ3v) is 1.94. The van der Waals surface area contributed by atoms with Crippen molar-refractivity contribution in [3.8, 4) is 0 Å². The summed E-state index contributed by atoms with van der Waals surface area (Å²) in [6, 6.07) is 3.84. The summed E-state index contributed by atoms with van der Waals surface area (Å²) in [7, 11) is 0. The van der Waals surface area contributed by atoms with E-state index < -0.39 is 0 Å². The SMILES string of the molecule is [c]1ccc2cscc2n1. The molecule has 0 aliphatic carbocycles. The van der Waals surface area contributed by atoms with Crippen LogP contribution in [0.4, 0.5) is 0 Å². The number of hydrogen-bond donors (Lipinski definition) is 0. The van der Waals surface area contributed by atoms with Gasteiger partial charge in [0.1, 0.15) is 0 Å². The summed E-state index contributed by atoms with van der Waals surface area (Å²) in [5.74, 6) is 0. The van der Waals surface area contributed by atoms with Gasteiger partial charge in [0.15, 0.2) is 0 Å². The minimum absolute atomic E-state index is 1.04. The fourth-order valence-corrected chi connectivity index (χ4v) is 1.48. The maximum atomic E-state index is 4.03. The van der Waals surface area contributed by atoms with Gasteiger partial charge in [-0.15, -0.1) is 11.3 Å². The van der Waals surface area contributed by atoms with Gasteiger partial charge in [0, 0.05) is 16.1 Å². The molecule has 0 amide bonds. The monoisotopic (exact) mass is 134 g/mol. The second-order valence-corrected chi connectivity index (χ2v) is 2.53. The summed E-state index contributed by atoms with van der Waals surface area (Å²) < 4.78 is 0. The third kappa shape index (κ3) is 0.715. The molecule has 2 heteroatoms. The highest BCUT2D eigenvalue weighted by Crippen LogP contribution is 2.14. The average molecular weight is 134 g/mol. The van der Waals surface area contributed by atoms with Crippen molar-refractivity contribution in [3.63, 3.8) is 0 Å². The molecule has 43 valence electrons. The summed E-state index contributed by atoms with van der Waals surface area (Å²) in [5, 5.41) is 5.31. The van der Waals surface area contributed by atoms with Gasteiger partial charge in [0.05, 0.1) is 11.7 Å². The van der Waals surface area contributed by atoms with E-state index in [0.29, 0.717) is 0 Å². The van der Waals surface area contributed by atoms with Crippen molar-refractivity contribution < 1.29 is 0 Å². The van der Waals surface area contributed by atoms with Gasteiger partial charge in [-0.1, -0.05) is 0 Å². The number of aromatic nitrogens is 1. The maximum Gasteiger partial charge on any atom is 0.0894 e. The van der Waals surface area contributed by atoms with E-state index in [1.807, 2.05) is 17.5 Å². The second kappa shape index (κ2) is 1.81. The Labute approximate surface area is 57.0 Å². The molecular weight excluding hydrogens is 130 g/mol. The summed E-state index contributed by atoms with van der Waals surface area (Å²) >= 11 is 1.67. The highest BCUT2D eigenvalue weighted by atomic mass is 32.1. The van der Waals surface area contributed by atoms with Crippen LogP contribution in [-0.4, -0.2) is 4.98 Å². The molecule has 0 spiro atoms. The van der Waals surface area contributed by atoms with E-state index in [1.54, 1.807) is 11.3 Å². The van der Waals surface area contributed by atoms with Gasteiger partial charge in [-0.2, -0.15) is 0 Å². The molecule has 1 radical (unpaired) electrons. The van der Waals surface area contributed by atoms with Crippen molar-refractivity contribution in [3.05, 3.63) is 29.1 Å². The lowest BCUT2D eigenvalue weighted by Gasteiger charge is -1.80. The highest BCUT2D eigenvalue weighted by molar-refractivity contribution is 7.09. The molecule has 0 fully saturated rings. The predicted molar refractivity (Wildman–Crippen MR) is 38.5 cm³/mol. The lowest BCUT2D eigenvalue weighted by atomic mass is 10.3. The lowest BCUT2D eigenvalue weighted by Crippen LogP contribution is -1.67. The third-order valence-electron chi connectivity index (χ3n) is 1.19. The molecule has 0 aliphatic rings. The van der Waals surface area contributed by atoms with Crippen LogP contribution in [0.15, 0.2) is 22.9 Å². The quantitative estimate of drug-likeness (QED) is 0.537. The number of pyridine rings is 1. The zero-order chi connectivity index (χ0) is 6.10. The molecule has 1 nitrogen and oxygen atoms in total. The van der Waals surface area contributed by atoms with Crippen molar-refractivity contribution in [2.45, 2.75) is 0 Å². The van der Waals surface area contributed by atoms with E-state index in [-0.39, 0.29) is 0 Å². The Bertz CT molecular complexity index is 283. The standard InChI is InChI=1S/C7H4NS/c1-2-6-4-9-5-7(6)8-3-1/h1-2,4-5H. The Kier molecular flexibility index (Phi) is 0.993. The first kappa shape index (κ1) is 4.94. The van der Waals surface area contributed by atoms with E-state index in [2.05, 4.69) is 16.6 Å². The van der Waals surface area contributed by atoms with Crippen LogP contribution in [0.25, 0.3) is 10.9 Å². The Morgan fingerprint density at radius 1 is 1.44 bits per heavy atom. The van der Waals surface area contributed by atoms with E-state index >= 15 is 0 Å². The molecule has 0 bridgehead atoms. The zero-order valence-corrected chi connectivity index (χ0v) is 5.48. The summed E-state index contributed by atoms with van der Waals surface area (Å²) in [4.78, 5) is 4.03. The Hall–Kier alpha value is -0.890. The highest BCUT2D eigenvalue weighted by Gasteiger charge is 1.89. The van der Waals surface area contributed by atoms with Crippen LogP contribution in [0.2, 0.25) is 0 Å². The van der Waals surface area contributed by atoms with Gasteiger partial charge >= 0.3 is 0 Å². The van der Waals surface area contributed by atoms with Crippen LogP contribution in [0.1, 0.15) is 0 Å². The van der Waals surface area contributed by atoms with Gasteiger partial charge in [0.2, 0.25) is 0 Å². The van der Waals surface area contributed by atoms with Crippen molar-refractivity contribution in [1.29, 1.82) is 0 Å². The largest absolute Gasteiger partial charge is 0.245 e. The molecule has 0 unspecified atom stereocenters. The molecule has 2 rings (SSSR count). The van der Waals surface area contributed by atoms with Crippen molar-refractivity contribution >= 4 is 22.2 Å². The van der Waals surface area contributed by atoms with Crippen LogP contribution in [0.5, 0.6) is 0 Å². The van der Waals surface area contributed by atoms with Crippen LogP contribution in [-0.2, 0) is 0 Å². The number of rotatable bonds is 0. The zero-order valence-electron chi connectivity index (χ0n) is 4.66. The smallest absolute Gasteiger partial charge is 0.0894 e. The van der Waals surface area contributed by atoms with Gasteiger partial charge < -0.3 is 0 Å². The van der Waals surface area contributed by atoms with Crippen molar-refractivity contribution in [1.82, 2.24) is 4.98 Å². The van der Waals surface area contributed by atoms with E-state index in [1.165, 1.54) is 5.39 Å². The first-order valence-corrected chi connectivity index (χ1v) is 3.60. The van der Waals surface area contributed by atoms with Crippen LogP contribution < -0.4 is 0 Å². The molecule has 2 aromatic heterocycles.